The molecule has 5 nitrogen and oxygen atoms in total. The van der Waals surface area contributed by atoms with E-state index in [2.05, 4.69) is 11.8 Å². The molecule has 21 heavy (non-hydrogen) atoms. The SMILES string of the molecule is CCN1CCC(N(C)C(=O)c2ccc(C(=O)O)cc2)CC1. The number of benzene rings is 1. The molecule has 1 heterocycles. The van der Waals surface area contributed by atoms with Crippen molar-refractivity contribution < 1.29 is 14.7 Å². The van der Waals surface area contributed by atoms with Crippen molar-refractivity contribution in [2.24, 2.45) is 0 Å². The number of hydrogen-bond acceptors (Lipinski definition) is 3. The fourth-order valence-corrected chi connectivity index (χ4v) is 2.75. The van der Waals surface area contributed by atoms with Gasteiger partial charge in [-0.05, 0) is 43.7 Å². The van der Waals surface area contributed by atoms with Gasteiger partial charge in [0, 0.05) is 31.7 Å². The second-order valence-electron chi connectivity index (χ2n) is 5.46. The first kappa shape index (κ1) is 15.5. The summed E-state index contributed by atoms with van der Waals surface area (Å²) in [5.41, 5.74) is 0.742. The quantitative estimate of drug-likeness (QED) is 0.920. The number of carboxylic acids is 1. The first-order chi connectivity index (χ1) is 10.0. The number of carbonyl (C=O) groups excluding carboxylic acids is 1. The summed E-state index contributed by atoms with van der Waals surface area (Å²) in [4.78, 5) is 27.4. The number of nitrogens with zero attached hydrogens (tertiary/aromatic N) is 2. The van der Waals surface area contributed by atoms with Crippen molar-refractivity contribution in [3.05, 3.63) is 35.4 Å². The van der Waals surface area contributed by atoms with Crippen molar-refractivity contribution in [1.82, 2.24) is 9.80 Å². The highest BCUT2D eigenvalue weighted by Gasteiger charge is 2.25. The van der Waals surface area contributed by atoms with Crippen LogP contribution in [0.1, 0.15) is 40.5 Å². The standard InChI is InChI=1S/C16H22N2O3/c1-3-18-10-8-14(9-11-18)17(2)15(19)12-4-6-13(7-5-12)16(20)21/h4-7,14H,3,8-11H2,1-2H3,(H,20,21). The Labute approximate surface area is 125 Å². The van der Waals surface area contributed by atoms with Crippen LogP contribution in [0.25, 0.3) is 0 Å². The number of hydrogen-bond donors (Lipinski definition) is 1. The molecule has 2 rings (SSSR count). The Morgan fingerprint density at radius 1 is 1.19 bits per heavy atom. The molecule has 1 aromatic carbocycles. The Hall–Kier alpha value is -1.88. The predicted molar refractivity (Wildman–Crippen MR) is 80.6 cm³/mol. The maximum absolute atomic E-state index is 12.4. The molecule has 0 bridgehead atoms. The van der Waals surface area contributed by atoms with Crippen LogP contribution in [0.3, 0.4) is 0 Å². The number of piperidine rings is 1. The van der Waals surface area contributed by atoms with Gasteiger partial charge in [0.15, 0.2) is 0 Å². The highest BCUT2D eigenvalue weighted by Crippen LogP contribution is 2.17. The van der Waals surface area contributed by atoms with Gasteiger partial charge in [-0.2, -0.15) is 0 Å². The summed E-state index contributed by atoms with van der Waals surface area (Å²) >= 11 is 0. The smallest absolute Gasteiger partial charge is 0.335 e. The minimum atomic E-state index is -0.978. The molecule has 114 valence electrons. The zero-order valence-corrected chi connectivity index (χ0v) is 12.6. The fraction of sp³-hybridized carbons (Fsp3) is 0.500. The largest absolute Gasteiger partial charge is 0.478 e. The number of rotatable bonds is 4. The van der Waals surface area contributed by atoms with Crippen LogP contribution in [0, 0.1) is 0 Å². The van der Waals surface area contributed by atoms with Gasteiger partial charge in [-0.15, -0.1) is 0 Å². The van der Waals surface area contributed by atoms with E-state index in [0.29, 0.717) is 5.56 Å². The molecule has 1 N–H and O–H groups in total. The van der Waals surface area contributed by atoms with Crippen LogP contribution >= 0.6 is 0 Å². The lowest BCUT2D eigenvalue weighted by Gasteiger charge is -2.36. The number of amides is 1. The summed E-state index contributed by atoms with van der Waals surface area (Å²) in [5.74, 6) is -1.02. The number of likely N-dealkylation sites (tertiary alicyclic amines) is 1. The van der Waals surface area contributed by atoms with Gasteiger partial charge in [-0.25, -0.2) is 4.79 Å². The summed E-state index contributed by atoms with van der Waals surface area (Å²) in [5, 5.41) is 8.88. The lowest BCUT2D eigenvalue weighted by molar-refractivity contribution is 0.0643. The minimum Gasteiger partial charge on any atom is -0.478 e. The van der Waals surface area contributed by atoms with Crippen LogP contribution in [0.4, 0.5) is 0 Å². The highest BCUT2D eigenvalue weighted by molar-refractivity contribution is 5.95. The average molecular weight is 290 g/mol. The maximum Gasteiger partial charge on any atom is 0.335 e. The monoisotopic (exact) mass is 290 g/mol. The van der Waals surface area contributed by atoms with E-state index in [1.807, 2.05) is 7.05 Å². The summed E-state index contributed by atoms with van der Waals surface area (Å²) in [6, 6.07) is 6.39. The van der Waals surface area contributed by atoms with E-state index >= 15 is 0 Å². The van der Waals surface area contributed by atoms with Crippen LogP contribution in [0.15, 0.2) is 24.3 Å². The molecule has 5 heteroatoms. The van der Waals surface area contributed by atoms with E-state index in [1.165, 1.54) is 12.1 Å². The normalized spacial score (nSPS) is 16.7. The molecule has 1 amide bonds. The lowest BCUT2D eigenvalue weighted by atomic mass is 10.0. The van der Waals surface area contributed by atoms with Crippen molar-refractivity contribution in [2.75, 3.05) is 26.7 Å². The van der Waals surface area contributed by atoms with Crippen LogP contribution in [-0.4, -0.2) is 59.5 Å². The molecule has 1 aliphatic heterocycles. The molecule has 0 radical (unpaired) electrons. The summed E-state index contributed by atoms with van der Waals surface area (Å²) in [7, 11) is 1.83. The Kier molecular flexibility index (Phi) is 4.96. The number of carbonyl (C=O) groups is 2. The summed E-state index contributed by atoms with van der Waals surface area (Å²) in [6.07, 6.45) is 1.98. The molecule has 0 saturated carbocycles. The Morgan fingerprint density at radius 2 is 1.71 bits per heavy atom. The predicted octanol–water partition coefficient (Wildman–Crippen LogP) is 1.94. The lowest BCUT2D eigenvalue weighted by Crippen LogP contribution is -2.45. The van der Waals surface area contributed by atoms with Crippen LogP contribution < -0.4 is 0 Å². The van der Waals surface area contributed by atoms with E-state index < -0.39 is 5.97 Å². The molecule has 1 fully saturated rings. The molecular weight excluding hydrogens is 268 g/mol. The number of aromatic carboxylic acids is 1. The topological polar surface area (TPSA) is 60.9 Å². The first-order valence-corrected chi connectivity index (χ1v) is 7.35. The summed E-state index contributed by atoms with van der Waals surface area (Å²) < 4.78 is 0. The third-order valence-corrected chi connectivity index (χ3v) is 4.25. The molecule has 0 atom stereocenters. The van der Waals surface area contributed by atoms with Crippen LogP contribution in [-0.2, 0) is 0 Å². The van der Waals surface area contributed by atoms with Gasteiger partial charge >= 0.3 is 5.97 Å². The average Bonchev–Trinajstić information content (AvgIpc) is 2.53. The first-order valence-electron chi connectivity index (χ1n) is 7.35. The molecule has 1 saturated heterocycles. The zero-order chi connectivity index (χ0) is 15.4. The molecule has 1 aromatic rings. The van der Waals surface area contributed by atoms with Crippen molar-refractivity contribution >= 4 is 11.9 Å². The molecule has 1 aliphatic rings. The zero-order valence-electron chi connectivity index (χ0n) is 12.6. The van der Waals surface area contributed by atoms with E-state index in [1.54, 1.807) is 17.0 Å². The van der Waals surface area contributed by atoms with Crippen LogP contribution in [0.5, 0.6) is 0 Å². The minimum absolute atomic E-state index is 0.0399. The third kappa shape index (κ3) is 3.61. The second kappa shape index (κ2) is 6.72. The van der Waals surface area contributed by atoms with Gasteiger partial charge in [0.05, 0.1) is 5.56 Å². The van der Waals surface area contributed by atoms with Gasteiger partial charge in [0.2, 0.25) is 0 Å². The van der Waals surface area contributed by atoms with E-state index in [4.69, 9.17) is 5.11 Å². The van der Waals surface area contributed by atoms with Crippen molar-refractivity contribution in [1.29, 1.82) is 0 Å². The van der Waals surface area contributed by atoms with E-state index in [-0.39, 0.29) is 17.5 Å². The Morgan fingerprint density at radius 3 is 2.19 bits per heavy atom. The van der Waals surface area contributed by atoms with Gasteiger partial charge < -0.3 is 14.9 Å². The molecule has 0 unspecified atom stereocenters. The molecular formula is C16H22N2O3. The van der Waals surface area contributed by atoms with Crippen molar-refractivity contribution in [3.63, 3.8) is 0 Å². The maximum atomic E-state index is 12.4. The molecule has 0 aromatic heterocycles. The highest BCUT2D eigenvalue weighted by atomic mass is 16.4. The van der Waals surface area contributed by atoms with Gasteiger partial charge in [-0.3, -0.25) is 4.79 Å². The Balaban J connectivity index is 2.00. The summed E-state index contributed by atoms with van der Waals surface area (Å²) in [6.45, 7) is 5.26. The van der Waals surface area contributed by atoms with Crippen LogP contribution in [0.2, 0.25) is 0 Å². The van der Waals surface area contributed by atoms with E-state index in [9.17, 15) is 9.59 Å². The molecule has 0 spiro atoms. The third-order valence-electron chi connectivity index (χ3n) is 4.25. The Bertz CT molecular complexity index is 505. The van der Waals surface area contributed by atoms with Crippen molar-refractivity contribution in [2.45, 2.75) is 25.8 Å². The van der Waals surface area contributed by atoms with Crippen molar-refractivity contribution in [3.8, 4) is 0 Å². The van der Waals surface area contributed by atoms with E-state index in [0.717, 1.165) is 32.5 Å². The second-order valence-corrected chi connectivity index (χ2v) is 5.46. The molecule has 0 aliphatic carbocycles. The number of carboxylic acid groups (broad SMARTS) is 1. The van der Waals surface area contributed by atoms with Gasteiger partial charge in [-0.1, -0.05) is 6.92 Å². The van der Waals surface area contributed by atoms with Gasteiger partial charge in [0.1, 0.15) is 0 Å². The fourth-order valence-electron chi connectivity index (χ4n) is 2.75. The van der Waals surface area contributed by atoms with Gasteiger partial charge in [0.25, 0.3) is 5.91 Å².